The van der Waals surface area contributed by atoms with E-state index in [9.17, 15) is 5.11 Å². The lowest BCUT2D eigenvalue weighted by Gasteiger charge is -2.24. The van der Waals surface area contributed by atoms with Gasteiger partial charge < -0.3 is 4.74 Å². The van der Waals surface area contributed by atoms with Crippen molar-refractivity contribution in [3.63, 3.8) is 0 Å². The predicted octanol–water partition coefficient (Wildman–Crippen LogP) is 3.54. The summed E-state index contributed by atoms with van der Waals surface area (Å²) in [5, 5.41) is 10.5. The molecule has 1 aromatic carbocycles. The molecule has 1 aliphatic carbocycles. The smallest absolute Gasteiger partial charge is 0.122 e. The van der Waals surface area contributed by atoms with E-state index in [0.717, 1.165) is 5.75 Å². The molecule has 0 aliphatic heterocycles. The minimum atomic E-state index is -0.168. The van der Waals surface area contributed by atoms with Crippen molar-refractivity contribution >= 4 is 0 Å². The number of hydrogen-bond acceptors (Lipinski definition) is 1. The van der Waals surface area contributed by atoms with Crippen LogP contribution in [0, 0.1) is 0 Å². The van der Waals surface area contributed by atoms with Crippen LogP contribution in [0.1, 0.15) is 43.6 Å². The van der Waals surface area contributed by atoms with Gasteiger partial charge in [-0.15, -0.1) is 0 Å². The van der Waals surface area contributed by atoms with E-state index >= 15 is 0 Å². The first-order chi connectivity index (χ1) is 7.92. The van der Waals surface area contributed by atoms with Crippen LogP contribution in [0.15, 0.2) is 24.3 Å². The quantitative estimate of drug-likeness (QED) is 0.761. The lowest BCUT2D eigenvalue weighted by molar-refractivity contribution is 0.137. The Morgan fingerprint density at radius 2 is 1.88 bits per heavy atom. The number of para-hydroxylation sites is 1. The molecule has 1 saturated carbocycles. The molecular formula is C14H19O2. The highest BCUT2D eigenvalue weighted by molar-refractivity contribution is 5.36. The molecular weight excluding hydrogens is 200 g/mol. The third-order valence-corrected chi connectivity index (χ3v) is 3.30. The molecule has 0 unspecified atom stereocenters. The molecule has 2 rings (SSSR count). The molecule has 0 amide bonds. The van der Waals surface area contributed by atoms with Gasteiger partial charge in [0, 0.05) is 0 Å². The molecule has 2 nitrogen and oxygen atoms in total. The van der Waals surface area contributed by atoms with Gasteiger partial charge in [0.05, 0.1) is 0 Å². The maximum Gasteiger partial charge on any atom is 0.122 e. The topological polar surface area (TPSA) is 29.1 Å². The molecule has 0 bridgehead atoms. The van der Waals surface area contributed by atoms with Crippen molar-refractivity contribution in [1.29, 1.82) is 0 Å². The Morgan fingerprint density at radius 1 is 1.12 bits per heavy atom. The maximum absolute atomic E-state index is 10.5. The van der Waals surface area contributed by atoms with E-state index in [0.29, 0.717) is 5.92 Å². The normalized spacial score (nSPS) is 17.3. The molecule has 0 N–H and O–H groups in total. The lowest BCUT2D eigenvalue weighted by Crippen LogP contribution is -2.08. The van der Waals surface area contributed by atoms with E-state index in [-0.39, 0.29) is 13.2 Å². The summed E-state index contributed by atoms with van der Waals surface area (Å²) in [6.45, 7) is 0.114. The van der Waals surface area contributed by atoms with Crippen molar-refractivity contribution in [3.8, 4) is 5.75 Å². The highest BCUT2D eigenvalue weighted by Crippen LogP contribution is 2.37. The van der Waals surface area contributed by atoms with Crippen molar-refractivity contribution in [3.05, 3.63) is 29.8 Å². The Labute approximate surface area is 97.3 Å². The van der Waals surface area contributed by atoms with E-state index in [1.807, 2.05) is 12.1 Å². The summed E-state index contributed by atoms with van der Waals surface area (Å²) in [5.74, 6) is 1.56. The summed E-state index contributed by atoms with van der Waals surface area (Å²) >= 11 is 0. The highest BCUT2D eigenvalue weighted by atomic mass is 16.5. The third-order valence-electron chi connectivity index (χ3n) is 3.30. The maximum atomic E-state index is 10.5. The summed E-state index contributed by atoms with van der Waals surface area (Å²) in [4.78, 5) is 0. The second-order valence-corrected chi connectivity index (χ2v) is 4.43. The number of hydrogen-bond donors (Lipinski definition) is 0. The van der Waals surface area contributed by atoms with Gasteiger partial charge in [-0.3, -0.25) is 0 Å². The van der Waals surface area contributed by atoms with E-state index in [4.69, 9.17) is 4.74 Å². The van der Waals surface area contributed by atoms with Crippen LogP contribution < -0.4 is 4.74 Å². The van der Waals surface area contributed by atoms with E-state index in [1.165, 1.54) is 37.7 Å². The zero-order valence-corrected chi connectivity index (χ0v) is 9.65. The van der Waals surface area contributed by atoms with E-state index in [2.05, 4.69) is 12.1 Å². The van der Waals surface area contributed by atoms with Gasteiger partial charge in [0.15, 0.2) is 0 Å². The van der Waals surface area contributed by atoms with Crippen LogP contribution >= 0.6 is 0 Å². The zero-order chi connectivity index (χ0) is 11.2. The molecule has 0 atom stereocenters. The van der Waals surface area contributed by atoms with Crippen molar-refractivity contribution in [2.75, 3.05) is 13.2 Å². The fourth-order valence-corrected chi connectivity index (χ4v) is 2.51. The van der Waals surface area contributed by atoms with Crippen LogP contribution in [-0.4, -0.2) is 13.2 Å². The van der Waals surface area contributed by atoms with Crippen LogP contribution in [0.4, 0.5) is 0 Å². The molecule has 1 aliphatic rings. The summed E-state index contributed by atoms with van der Waals surface area (Å²) in [6.07, 6.45) is 6.52. The van der Waals surface area contributed by atoms with Crippen LogP contribution in [0.5, 0.6) is 5.75 Å². The molecule has 1 aromatic rings. The fourth-order valence-electron chi connectivity index (χ4n) is 2.51. The Bertz CT molecular complexity index is 316. The van der Waals surface area contributed by atoms with Gasteiger partial charge >= 0.3 is 0 Å². The first-order valence-corrected chi connectivity index (χ1v) is 6.21. The van der Waals surface area contributed by atoms with Crippen LogP contribution in [0.25, 0.3) is 0 Å². The third kappa shape index (κ3) is 2.76. The van der Waals surface area contributed by atoms with Gasteiger partial charge in [-0.05, 0) is 30.4 Å². The van der Waals surface area contributed by atoms with Crippen molar-refractivity contribution in [1.82, 2.24) is 0 Å². The number of rotatable bonds is 4. The number of ether oxygens (including phenoxy) is 1. The number of benzene rings is 1. The van der Waals surface area contributed by atoms with Gasteiger partial charge in [-0.25, -0.2) is 5.11 Å². The summed E-state index contributed by atoms with van der Waals surface area (Å²) in [6, 6.07) is 8.18. The monoisotopic (exact) mass is 219 g/mol. The van der Waals surface area contributed by atoms with Gasteiger partial charge in [-0.2, -0.15) is 0 Å². The Balaban J connectivity index is 2.11. The highest BCUT2D eigenvalue weighted by Gasteiger charge is 2.18. The summed E-state index contributed by atoms with van der Waals surface area (Å²) < 4.78 is 5.53. The summed E-state index contributed by atoms with van der Waals surface area (Å²) in [5.41, 5.74) is 1.30. The minimum Gasteiger partial charge on any atom is -0.491 e. The zero-order valence-electron chi connectivity index (χ0n) is 9.65. The molecule has 0 aromatic heterocycles. The molecule has 1 fully saturated rings. The second-order valence-electron chi connectivity index (χ2n) is 4.43. The second kappa shape index (κ2) is 5.90. The van der Waals surface area contributed by atoms with Crippen molar-refractivity contribution in [2.24, 2.45) is 0 Å². The molecule has 0 heterocycles. The standard InChI is InChI=1S/C14H19O2/c15-10-11-16-14-9-5-4-8-13(14)12-6-2-1-3-7-12/h4-5,8-9,12H,1-3,6-7,10-11H2. The van der Waals surface area contributed by atoms with Crippen LogP contribution in [0.2, 0.25) is 0 Å². The van der Waals surface area contributed by atoms with Crippen molar-refractivity contribution < 1.29 is 9.84 Å². The first-order valence-electron chi connectivity index (χ1n) is 6.21. The van der Waals surface area contributed by atoms with Crippen LogP contribution in [-0.2, 0) is 5.11 Å². The molecule has 87 valence electrons. The lowest BCUT2D eigenvalue weighted by atomic mass is 9.84. The molecule has 2 heteroatoms. The fraction of sp³-hybridized carbons (Fsp3) is 0.571. The van der Waals surface area contributed by atoms with Gasteiger partial charge in [0.2, 0.25) is 0 Å². The molecule has 0 saturated heterocycles. The van der Waals surface area contributed by atoms with E-state index < -0.39 is 0 Å². The Hall–Kier alpha value is -1.02. The van der Waals surface area contributed by atoms with Gasteiger partial charge in [0.1, 0.15) is 19.0 Å². The summed E-state index contributed by atoms with van der Waals surface area (Å²) in [7, 11) is 0. The largest absolute Gasteiger partial charge is 0.491 e. The predicted molar refractivity (Wildman–Crippen MR) is 63.3 cm³/mol. The van der Waals surface area contributed by atoms with E-state index in [1.54, 1.807) is 0 Å². The Morgan fingerprint density at radius 3 is 2.62 bits per heavy atom. The van der Waals surface area contributed by atoms with Gasteiger partial charge in [-0.1, -0.05) is 37.5 Å². The average molecular weight is 219 g/mol. The molecule has 16 heavy (non-hydrogen) atoms. The molecule has 0 spiro atoms. The average Bonchev–Trinajstić information content (AvgIpc) is 2.38. The first kappa shape index (κ1) is 11.5. The molecule has 1 radical (unpaired) electrons. The van der Waals surface area contributed by atoms with Crippen molar-refractivity contribution in [2.45, 2.75) is 38.0 Å². The minimum absolute atomic E-state index is 0.168. The Kier molecular flexibility index (Phi) is 4.23. The SMILES string of the molecule is [O]CCOc1ccccc1C1CCCCC1. The van der Waals surface area contributed by atoms with Crippen LogP contribution in [0.3, 0.4) is 0 Å². The van der Waals surface area contributed by atoms with Gasteiger partial charge in [0.25, 0.3) is 0 Å².